The first-order valence-corrected chi connectivity index (χ1v) is 13.0. The highest BCUT2D eigenvalue weighted by Crippen LogP contribution is 2.47. The van der Waals surface area contributed by atoms with E-state index in [1.807, 2.05) is 80.1 Å². The van der Waals surface area contributed by atoms with Gasteiger partial charge in [-0.3, -0.25) is 4.79 Å². The van der Waals surface area contributed by atoms with E-state index in [-0.39, 0.29) is 12.0 Å². The number of aryl methyl sites for hydroxylation is 1. The van der Waals surface area contributed by atoms with Crippen LogP contribution >= 0.6 is 0 Å². The van der Waals surface area contributed by atoms with Crippen molar-refractivity contribution in [3.63, 3.8) is 0 Å². The van der Waals surface area contributed by atoms with E-state index >= 15 is 0 Å². The van der Waals surface area contributed by atoms with Crippen molar-refractivity contribution >= 4 is 23.0 Å². The number of hydrogen-bond acceptors (Lipinski definition) is 8. The largest absolute Gasteiger partial charge is 0.489 e. The van der Waals surface area contributed by atoms with Crippen molar-refractivity contribution in [2.45, 2.75) is 70.0 Å². The topological polar surface area (TPSA) is 102 Å². The summed E-state index contributed by atoms with van der Waals surface area (Å²) < 4.78 is 38.2. The molecular formula is C29H33N3O7. The zero-order chi connectivity index (χ0) is 27.4. The van der Waals surface area contributed by atoms with Gasteiger partial charge in [-0.1, -0.05) is 30.3 Å². The molecule has 6 rings (SSSR count). The van der Waals surface area contributed by atoms with Crippen molar-refractivity contribution in [1.29, 1.82) is 0 Å². The van der Waals surface area contributed by atoms with Crippen LogP contribution in [0.3, 0.4) is 0 Å². The first-order chi connectivity index (χ1) is 18.6. The summed E-state index contributed by atoms with van der Waals surface area (Å²) in [7, 11) is 1.84. The molecular weight excluding hydrogens is 502 g/mol. The lowest BCUT2D eigenvalue weighted by molar-refractivity contribution is -0.208. The van der Waals surface area contributed by atoms with E-state index in [0.29, 0.717) is 18.9 Å². The number of amides is 1. The third kappa shape index (κ3) is 4.83. The Morgan fingerprint density at radius 2 is 1.87 bits per heavy atom. The first-order valence-electron chi connectivity index (χ1n) is 13.0. The molecule has 0 saturated carbocycles. The summed E-state index contributed by atoms with van der Waals surface area (Å²) >= 11 is 0. The predicted octanol–water partition coefficient (Wildman–Crippen LogP) is 3.87. The van der Waals surface area contributed by atoms with Crippen molar-refractivity contribution in [3.05, 3.63) is 65.9 Å². The first kappa shape index (κ1) is 26.0. The summed E-state index contributed by atoms with van der Waals surface area (Å²) in [5, 5.41) is 5.17. The van der Waals surface area contributed by atoms with Gasteiger partial charge in [0.05, 0.1) is 12.8 Å². The standard InChI is InChI=1S/C29H33N3O7/c1-27(2)36-23-16-35-26-29(24(23)37-27,39-28(3,4)38-26)17-30-31-25(33)22-14-19-13-20(11-12-21(19)32(22)5)34-15-18-9-7-6-8-10-18/h6-14,17,23-24,26H,15-16H2,1-5H3,(H,31,33). The molecule has 3 fully saturated rings. The molecule has 3 aliphatic heterocycles. The summed E-state index contributed by atoms with van der Waals surface area (Å²) in [5.41, 5.74) is 3.86. The van der Waals surface area contributed by atoms with Crippen LogP contribution in [0.15, 0.2) is 59.7 Å². The quantitative estimate of drug-likeness (QED) is 0.378. The number of carbonyl (C=O) groups is 1. The van der Waals surface area contributed by atoms with Gasteiger partial charge in [-0.05, 0) is 57.5 Å². The molecule has 4 atom stereocenters. The molecule has 1 aromatic heterocycles. The van der Waals surface area contributed by atoms with Crippen LogP contribution in [-0.2, 0) is 37.3 Å². The third-order valence-corrected chi connectivity index (χ3v) is 7.15. The Balaban J connectivity index is 1.20. The van der Waals surface area contributed by atoms with Crippen LogP contribution in [0.5, 0.6) is 5.75 Å². The molecule has 4 unspecified atom stereocenters. The second kappa shape index (κ2) is 9.42. The van der Waals surface area contributed by atoms with Gasteiger partial charge in [-0.2, -0.15) is 5.10 Å². The lowest BCUT2D eigenvalue weighted by Gasteiger charge is -2.39. The number of hydrazone groups is 1. The number of carbonyl (C=O) groups excluding carboxylic acids is 1. The maximum Gasteiger partial charge on any atom is 0.287 e. The number of nitrogens with one attached hydrogen (secondary N) is 1. The SMILES string of the molecule is Cn1c(C(=O)NN=CC23OC(C)(C)OC2OCC2OC(C)(C)OC23)cc2cc(OCc3ccccc3)ccc21. The van der Waals surface area contributed by atoms with Crippen molar-refractivity contribution in [2.24, 2.45) is 12.1 Å². The lowest BCUT2D eigenvalue weighted by atomic mass is 9.91. The van der Waals surface area contributed by atoms with Gasteiger partial charge in [0, 0.05) is 18.0 Å². The molecule has 0 aliphatic carbocycles. The Hall–Kier alpha value is -3.28. The minimum Gasteiger partial charge on any atom is -0.489 e. The van der Waals surface area contributed by atoms with Crippen LogP contribution < -0.4 is 10.2 Å². The van der Waals surface area contributed by atoms with Crippen LogP contribution in [0.1, 0.15) is 43.7 Å². The summed E-state index contributed by atoms with van der Waals surface area (Å²) in [6, 6.07) is 17.5. The summed E-state index contributed by atoms with van der Waals surface area (Å²) in [5.74, 6) is -1.41. The Kier molecular flexibility index (Phi) is 6.28. The van der Waals surface area contributed by atoms with Gasteiger partial charge in [-0.25, -0.2) is 5.43 Å². The van der Waals surface area contributed by atoms with Gasteiger partial charge in [0.2, 0.25) is 0 Å². The van der Waals surface area contributed by atoms with Gasteiger partial charge in [0.25, 0.3) is 5.91 Å². The second-order valence-electron chi connectivity index (χ2n) is 11.0. The number of hydrogen-bond donors (Lipinski definition) is 1. The van der Waals surface area contributed by atoms with E-state index in [9.17, 15) is 4.79 Å². The number of ether oxygens (including phenoxy) is 6. The average molecular weight is 536 g/mol. The Labute approximate surface area is 226 Å². The minimum atomic E-state index is -1.20. The van der Waals surface area contributed by atoms with Crippen LogP contribution in [0.4, 0.5) is 0 Å². The number of nitrogens with zero attached hydrogens (tertiary/aromatic N) is 2. The molecule has 1 N–H and O–H groups in total. The summed E-state index contributed by atoms with van der Waals surface area (Å²) in [4.78, 5) is 13.2. The van der Waals surface area contributed by atoms with Crippen molar-refractivity contribution < 1.29 is 33.2 Å². The van der Waals surface area contributed by atoms with Crippen LogP contribution in [0.25, 0.3) is 10.9 Å². The maximum absolute atomic E-state index is 13.2. The fraction of sp³-hybridized carbons (Fsp3) is 0.448. The molecule has 2 aromatic carbocycles. The molecule has 3 aromatic rings. The number of rotatable bonds is 6. The van der Waals surface area contributed by atoms with E-state index in [4.69, 9.17) is 28.4 Å². The Morgan fingerprint density at radius 3 is 2.67 bits per heavy atom. The summed E-state index contributed by atoms with van der Waals surface area (Å²) in [6.07, 6.45) is -0.156. The fourth-order valence-corrected chi connectivity index (χ4v) is 5.51. The van der Waals surface area contributed by atoms with Crippen LogP contribution in [0.2, 0.25) is 0 Å². The van der Waals surface area contributed by atoms with E-state index in [1.54, 1.807) is 13.8 Å². The van der Waals surface area contributed by atoms with Gasteiger partial charge in [0.15, 0.2) is 23.5 Å². The minimum absolute atomic E-state index is 0.299. The average Bonchev–Trinajstić information content (AvgIpc) is 3.50. The van der Waals surface area contributed by atoms with E-state index in [1.165, 1.54) is 6.21 Å². The Bertz CT molecular complexity index is 1420. The number of aromatic nitrogens is 1. The lowest BCUT2D eigenvalue weighted by Crippen LogP contribution is -2.62. The molecule has 39 heavy (non-hydrogen) atoms. The van der Waals surface area contributed by atoms with Crippen LogP contribution in [-0.4, -0.2) is 59.0 Å². The Morgan fingerprint density at radius 1 is 1.08 bits per heavy atom. The normalized spacial score (nSPS) is 28.9. The van der Waals surface area contributed by atoms with E-state index < -0.39 is 29.6 Å². The molecule has 1 amide bonds. The highest BCUT2D eigenvalue weighted by atomic mass is 16.9. The zero-order valence-electron chi connectivity index (χ0n) is 22.7. The van der Waals surface area contributed by atoms with Crippen molar-refractivity contribution in [2.75, 3.05) is 6.61 Å². The molecule has 0 bridgehead atoms. The monoisotopic (exact) mass is 535 g/mol. The van der Waals surface area contributed by atoms with Gasteiger partial charge >= 0.3 is 0 Å². The fourth-order valence-electron chi connectivity index (χ4n) is 5.51. The summed E-state index contributed by atoms with van der Waals surface area (Å²) in [6.45, 7) is 8.04. The molecule has 0 spiro atoms. The van der Waals surface area contributed by atoms with Crippen LogP contribution in [0, 0.1) is 0 Å². The van der Waals surface area contributed by atoms with Gasteiger partial charge in [-0.15, -0.1) is 0 Å². The van der Waals surface area contributed by atoms with Crippen molar-refractivity contribution in [3.8, 4) is 5.75 Å². The maximum atomic E-state index is 13.2. The second-order valence-corrected chi connectivity index (χ2v) is 11.0. The van der Waals surface area contributed by atoms with Crippen molar-refractivity contribution in [1.82, 2.24) is 9.99 Å². The van der Waals surface area contributed by atoms with Gasteiger partial charge < -0.3 is 33.0 Å². The molecule has 4 heterocycles. The highest BCUT2D eigenvalue weighted by molar-refractivity contribution is 5.99. The molecule has 0 radical (unpaired) electrons. The highest BCUT2D eigenvalue weighted by Gasteiger charge is 2.66. The van der Waals surface area contributed by atoms with Gasteiger partial charge in [0.1, 0.15) is 30.3 Å². The van der Waals surface area contributed by atoms with E-state index in [0.717, 1.165) is 22.2 Å². The number of fused-ring (bicyclic) bond motifs is 4. The predicted molar refractivity (Wildman–Crippen MR) is 142 cm³/mol. The van der Waals surface area contributed by atoms with E-state index in [2.05, 4.69) is 10.5 Å². The number of benzene rings is 2. The smallest absolute Gasteiger partial charge is 0.287 e. The third-order valence-electron chi connectivity index (χ3n) is 7.15. The molecule has 10 nitrogen and oxygen atoms in total. The molecule has 3 aliphatic rings. The molecule has 206 valence electrons. The molecule has 10 heteroatoms. The molecule has 3 saturated heterocycles. The zero-order valence-corrected chi connectivity index (χ0v) is 22.7.